The van der Waals surface area contributed by atoms with E-state index in [1.807, 2.05) is 60.8 Å². The van der Waals surface area contributed by atoms with E-state index < -0.39 is 11.8 Å². The minimum Gasteiger partial charge on any atom is -0.342 e. The van der Waals surface area contributed by atoms with Crippen LogP contribution >= 0.6 is 28.1 Å². The van der Waals surface area contributed by atoms with Gasteiger partial charge in [0.15, 0.2) is 5.11 Å². The van der Waals surface area contributed by atoms with Crippen LogP contribution in [0.1, 0.15) is 11.1 Å². The number of carbonyl (C=O) groups is 2. The van der Waals surface area contributed by atoms with Crippen LogP contribution < -0.4 is 10.2 Å². The number of para-hydroxylation sites is 1. The number of aromatic nitrogens is 1. The van der Waals surface area contributed by atoms with Crippen molar-refractivity contribution in [2.45, 2.75) is 6.54 Å². The van der Waals surface area contributed by atoms with Crippen LogP contribution in [0.3, 0.4) is 0 Å². The molecule has 0 bridgehead atoms. The average Bonchev–Trinajstić information content (AvgIpc) is 3.16. The third kappa shape index (κ3) is 4.13. The highest BCUT2D eigenvalue weighted by atomic mass is 79.9. The first-order valence-electron chi connectivity index (χ1n) is 10.3. The molecule has 0 saturated carbocycles. The largest absolute Gasteiger partial charge is 0.342 e. The summed E-state index contributed by atoms with van der Waals surface area (Å²) in [6.45, 7) is 0.680. The molecule has 5 nitrogen and oxygen atoms in total. The predicted molar refractivity (Wildman–Crippen MR) is 138 cm³/mol. The Labute approximate surface area is 204 Å². The maximum Gasteiger partial charge on any atom is 0.270 e. The molecule has 0 spiro atoms. The highest BCUT2D eigenvalue weighted by Crippen LogP contribution is 2.28. The number of fused-ring (bicyclic) bond motifs is 1. The lowest BCUT2D eigenvalue weighted by Gasteiger charge is -2.28. The maximum absolute atomic E-state index is 13.4. The Hall–Kier alpha value is -3.55. The number of hydrogen-bond donors (Lipinski definition) is 1. The topological polar surface area (TPSA) is 54.3 Å². The fraction of sp³-hybridized carbons (Fsp3) is 0.0385. The molecular weight excluding hydrogens is 498 g/mol. The lowest BCUT2D eigenvalue weighted by Crippen LogP contribution is -2.54. The number of hydrogen-bond acceptors (Lipinski definition) is 3. The summed E-state index contributed by atoms with van der Waals surface area (Å²) in [7, 11) is 0. The van der Waals surface area contributed by atoms with Gasteiger partial charge in [-0.15, -0.1) is 0 Å². The lowest BCUT2D eigenvalue weighted by atomic mass is 10.1. The van der Waals surface area contributed by atoms with Gasteiger partial charge in [-0.2, -0.15) is 0 Å². The molecule has 0 atom stereocenters. The summed E-state index contributed by atoms with van der Waals surface area (Å²) in [5, 5.41) is 3.68. The van der Waals surface area contributed by atoms with Crippen molar-refractivity contribution in [3.63, 3.8) is 0 Å². The van der Waals surface area contributed by atoms with Crippen molar-refractivity contribution >= 4 is 67.7 Å². The molecule has 33 heavy (non-hydrogen) atoms. The number of amides is 2. The van der Waals surface area contributed by atoms with Gasteiger partial charge in [0.2, 0.25) is 0 Å². The van der Waals surface area contributed by atoms with Gasteiger partial charge < -0.3 is 4.57 Å². The predicted octanol–water partition coefficient (Wildman–Crippen LogP) is 5.28. The average molecular weight is 516 g/mol. The molecule has 0 aliphatic carbocycles. The third-order valence-electron chi connectivity index (χ3n) is 5.50. The van der Waals surface area contributed by atoms with Gasteiger partial charge in [-0.25, -0.2) is 0 Å². The van der Waals surface area contributed by atoms with E-state index in [-0.39, 0.29) is 10.7 Å². The molecule has 0 radical (unpaired) electrons. The highest BCUT2D eigenvalue weighted by molar-refractivity contribution is 9.10. The summed E-state index contributed by atoms with van der Waals surface area (Å²) in [5.74, 6) is -0.954. The zero-order chi connectivity index (χ0) is 22.9. The Balaban J connectivity index is 1.57. The summed E-state index contributed by atoms with van der Waals surface area (Å²) in [6.07, 6.45) is 3.62. The molecule has 1 N–H and O–H groups in total. The molecular formula is C26H18BrN3O2S. The van der Waals surface area contributed by atoms with E-state index in [0.29, 0.717) is 12.2 Å². The van der Waals surface area contributed by atoms with Crippen LogP contribution in [0.4, 0.5) is 5.69 Å². The van der Waals surface area contributed by atoms with Gasteiger partial charge in [-0.1, -0.05) is 64.5 Å². The van der Waals surface area contributed by atoms with Gasteiger partial charge in [0, 0.05) is 33.7 Å². The fourth-order valence-corrected chi connectivity index (χ4v) is 4.48. The first-order valence-corrected chi connectivity index (χ1v) is 11.5. The highest BCUT2D eigenvalue weighted by Gasteiger charge is 2.34. The Morgan fingerprint density at radius 2 is 1.61 bits per heavy atom. The molecule has 5 rings (SSSR count). The fourth-order valence-electron chi connectivity index (χ4n) is 3.94. The van der Waals surface area contributed by atoms with Crippen LogP contribution in [0.5, 0.6) is 0 Å². The van der Waals surface area contributed by atoms with Crippen molar-refractivity contribution in [2.24, 2.45) is 0 Å². The monoisotopic (exact) mass is 515 g/mol. The second kappa shape index (κ2) is 8.77. The van der Waals surface area contributed by atoms with Crippen molar-refractivity contribution in [3.8, 4) is 0 Å². The Morgan fingerprint density at radius 1 is 0.909 bits per heavy atom. The molecule has 1 saturated heterocycles. The second-order valence-electron chi connectivity index (χ2n) is 7.65. The van der Waals surface area contributed by atoms with E-state index in [4.69, 9.17) is 12.2 Å². The number of carbonyl (C=O) groups excluding carboxylic acids is 2. The molecule has 1 aliphatic rings. The minimum absolute atomic E-state index is 0.0362. The standard InChI is InChI=1S/C26H18BrN3O2S/c27-19-10-12-20(13-11-19)30-25(32)22(24(31)28-26(30)33)14-18-16-29(15-17-6-2-1-3-7-17)23-9-5-4-8-21(18)23/h1-14,16H,15H2,(H,28,31,33). The van der Waals surface area contributed by atoms with Crippen molar-refractivity contribution in [1.29, 1.82) is 0 Å². The van der Waals surface area contributed by atoms with Crippen molar-refractivity contribution in [1.82, 2.24) is 9.88 Å². The first kappa shape index (κ1) is 21.3. The quantitative estimate of drug-likeness (QED) is 0.228. The van der Waals surface area contributed by atoms with E-state index in [2.05, 4.69) is 37.9 Å². The number of rotatable bonds is 4. The van der Waals surface area contributed by atoms with E-state index in [9.17, 15) is 9.59 Å². The van der Waals surface area contributed by atoms with Crippen molar-refractivity contribution in [3.05, 3.63) is 106 Å². The summed E-state index contributed by atoms with van der Waals surface area (Å²) < 4.78 is 3.01. The van der Waals surface area contributed by atoms with Crippen molar-refractivity contribution in [2.75, 3.05) is 4.90 Å². The molecule has 7 heteroatoms. The zero-order valence-corrected chi connectivity index (χ0v) is 19.8. The number of anilines is 1. The second-order valence-corrected chi connectivity index (χ2v) is 8.95. The summed E-state index contributed by atoms with van der Waals surface area (Å²) in [4.78, 5) is 27.5. The minimum atomic E-state index is -0.502. The van der Waals surface area contributed by atoms with Gasteiger partial charge in [0.05, 0.1) is 5.69 Å². The van der Waals surface area contributed by atoms with E-state index in [0.717, 1.165) is 26.5 Å². The SMILES string of the molecule is O=C1NC(=S)N(c2ccc(Br)cc2)C(=O)C1=Cc1cn(Cc2ccccc2)c2ccccc12. The molecule has 2 amide bonds. The van der Waals surface area contributed by atoms with Crippen LogP contribution in [0.2, 0.25) is 0 Å². The molecule has 1 aromatic heterocycles. The molecule has 1 fully saturated rings. The van der Waals surface area contributed by atoms with E-state index in [1.165, 1.54) is 4.90 Å². The molecule has 162 valence electrons. The zero-order valence-electron chi connectivity index (χ0n) is 17.4. The number of thiocarbonyl (C=S) groups is 1. The summed E-state index contributed by atoms with van der Waals surface area (Å²) in [5.41, 5.74) is 3.61. The van der Waals surface area contributed by atoms with Crippen LogP contribution in [-0.2, 0) is 16.1 Å². The normalized spacial score (nSPS) is 15.4. The number of benzene rings is 3. The van der Waals surface area contributed by atoms with Crippen molar-refractivity contribution < 1.29 is 9.59 Å². The van der Waals surface area contributed by atoms with E-state index in [1.54, 1.807) is 18.2 Å². The van der Waals surface area contributed by atoms with E-state index >= 15 is 0 Å². The van der Waals surface area contributed by atoms with Gasteiger partial charge in [0.1, 0.15) is 5.57 Å². The van der Waals surface area contributed by atoms with Gasteiger partial charge in [0.25, 0.3) is 11.8 Å². The van der Waals surface area contributed by atoms with Gasteiger partial charge in [-0.05, 0) is 54.2 Å². The Kier molecular flexibility index (Phi) is 5.66. The number of halogens is 1. The smallest absolute Gasteiger partial charge is 0.270 e. The van der Waals surface area contributed by atoms with Crippen LogP contribution in [0, 0.1) is 0 Å². The molecule has 0 unspecified atom stereocenters. The Bertz CT molecular complexity index is 1430. The summed E-state index contributed by atoms with van der Waals surface area (Å²) >= 11 is 8.69. The number of nitrogens with one attached hydrogen (secondary N) is 1. The molecule has 4 aromatic rings. The first-order chi connectivity index (χ1) is 16.0. The maximum atomic E-state index is 13.4. The molecule has 2 heterocycles. The van der Waals surface area contributed by atoms with Crippen LogP contribution in [0.25, 0.3) is 17.0 Å². The summed E-state index contributed by atoms with van der Waals surface area (Å²) in [6, 6.07) is 25.3. The van der Waals surface area contributed by atoms with Gasteiger partial charge in [-0.3, -0.25) is 19.8 Å². The van der Waals surface area contributed by atoms with Crippen LogP contribution in [-0.4, -0.2) is 21.5 Å². The van der Waals surface area contributed by atoms with Gasteiger partial charge >= 0.3 is 0 Å². The third-order valence-corrected chi connectivity index (χ3v) is 6.31. The Morgan fingerprint density at radius 3 is 2.36 bits per heavy atom. The molecule has 3 aromatic carbocycles. The number of nitrogens with zero attached hydrogens (tertiary/aromatic N) is 2. The van der Waals surface area contributed by atoms with Crippen LogP contribution in [0.15, 0.2) is 95.1 Å². The molecule has 1 aliphatic heterocycles. The lowest BCUT2D eigenvalue weighted by molar-refractivity contribution is -0.122.